The van der Waals surface area contributed by atoms with Crippen molar-refractivity contribution in [1.29, 1.82) is 0 Å². The van der Waals surface area contributed by atoms with Crippen LogP contribution in [0.2, 0.25) is 0 Å². The molecule has 0 saturated heterocycles. The summed E-state index contributed by atoms with van der Waals surface area (Å²) >= 11 is 0. The SMILES string of the molecule is CCCCCCCCCCCCCC(=O)O[C@H](COCOCCCCCCCCCNC(C)=O)COP(=O)(O)O. The zero-order chi connectivity index (χ0) is 29.7. The van der Waals surface area contributed by atoms with Gasteiger partial charge in [-0.15, -0.1) is 0 Å². The lowest BCUT2D eigenvalue weighted by atomic mass is 10.1. The molecule has 0 unspecified atom stereocenters. The lowest BCUT2D eigenvalue weighted by Gasteiger charge is -2.18. The van der Waals surface area contributed by atoms with Crippen LogP contribution in [-0.2, 0) is 32.9 Å². The Balaban J connectivity index is 3.85. The van der Waals surface area contributed by atoms with Gasteiger partial charge in [0, 0.05) is 26.5 Å². The summed E-state index contributed by atoms with van der Waals surface area (Å²) in [5.41, 5.74) is 0. The highest BCUT2D eigenvalue weighted by Crippen LogP contribution is 2.35. The molecule has 0 spiro atoms. The Morgan fingerprint density at radius 3 is 1.80 bits per heavy atom. The van der Waals surface area contributed by atoms with Crippen molar-refractivity contribution >= 4 is 19.7 Å². The number of phosphoric ester groups is 1. The number of amides is 1. The monoisotopic (exact) mass is 595 g/mol. The van der Waals surface area contributed by atoms with Crippen molar-refractivity contribution in [1.82, 2.24) is 5.32 Å². The summed E-state index contributed by atoms with van der Waals surface area (Å²) < 4.78 is 31.8. The van der Waals surface area contributed by atoms with Gasteiger partial charge in [-0.05, 0) is 19.3 Å². The highest BCUT2D eigenvalue weighted by molar-refractivity contribution is 7.46. The first-order chi connectivity index (χ1) is 19.2. The summed E-state index contributed by atoms with van der Waals surface area (Å²) in [4.78, 5) is 41.0. The van der Waals surface area contributed by atoms with Gasteiger partial charge in [-0.25, -0.2) is 4.57 Å². The fourth-order valence-corrected chi connectivity index (χ4v) is 4.61. The molecule has 10 nitrogen and oxygen atoms in total. The average molecular weight is 596 g/mol. The van der Waals surface area contributed by atoms with Gasteiger partial charge in [-0.1, -0.05) is 103 Å². The molecule has 0 aliphatic carbocycles. The van der Waals surface area contributed by atoms with Gasteiger partial charge < -0.3 is 29.3 Å². The zero-order valence-corrected chi connectivity index (χ0v) is 26.1. The molecule has 0 rings (SSSR count). The number of esters is 1. The molecule has 1 atom stereocenters. The predicted octanol–water partition coefficient (Wildman–Crippen LogP) is 6.57. The minimum absolute atomic E-state index is 0.00567. The van der Waals surface area contributed by atoms with E-state index in [1.165, 1.54) is 58.3 Å². The molecule has 0 aromatic carbocycles. The molecule has 238 valence electrons. The van der Waals surface area contributed by atoms with E-state index in [0.717, 1.165) is 70.8 Å². The summed E-state index contributed by atoms with van der Waals surface area (Å²) in [5, 5.41) is 2.80. The van der Waals surface area contributed by atoms with Crippen molar-refractivity contribution in [3.63, 3.8) is 0 Å². The molecule has 1 amide bonds. The molecule has 40 heavy (non-hydrogen) atoms. The third kappa shape index (κ3) is 31.5. The number of ether oxygens (including phenoxy) is 3. The second-order valence-electron chi connectivity index (χ2n) is 10.5. The topological polar surface area (TPSA) is 141 Å². The van der Waals surface area contributed by atoms with Gasteiger partial charge in [0.05, 0.1) is 13.2 Å². The Labute approximate surface area is 242 Å². The summed E-state index contributed by atoms with van der Waals surface area (Å²) in [7, 11) is -4.68. The Kier molecular flexibility index (Phi) is 27.4. The fraction of sp³-hybridized carbons (Fsp3) is 0.931. The molecule has 0 heterocycles. The van der Waals surface area contributed by atoms with Gasteiger partial charge >= 0.3 is 13.8 Å². The van der Waals surface area contributed by atoms with E-state index < -0.39 is 26.5 Å². The van der Waals surface area contributed by atoms with Gasteiger partial charge in [-0.2, -0.15) is 0 Å². The van der Waals surface area contributed by atoms with Crippen molar-refractivity contribution in [2.75, 3.05) is 33.2 Å². The lowest BCUT2D eigenvalue weighted by Crippen LogP contribution is -2.28. The third-order valence-electron chi connectivity index (χ3n) is 6.52. The summed E-state index contributed by atoms with van der Waals surface area (Å²) in [5.74, 6) is -0.403. The van der Waals surface area contributed by atoms with Crippen LogP contribution in [0, 0.1) is 0 Å². The maximum absolute atomic E-state index is 12.2. The smallest absolute Gasteiger partial charge is 0.457 e. The molecule has 0 saturated carbocycles. The molecular weight excluding hydrogens is 537 g/mol. The average Bonchev–Trinajstić information content (AvgIpc) is 2.89. The molecule has 0 aromatic rings. The highest BCUT2D eigenvalue weighted by atomic mass is 31.2. The lowest BCUT2D eigenvalue weighted by molar-refractivity contribution is -0.158. The fourth-order valence-electron chi connectivity index (χ4n) is 4.25. The van der Waals surface area contributed by atoms with Crippen molar-refractivity contribution in [3.05, 3.63) is 0 Å². The van der Waals surface area contributed by atoms with Crippen LogP contribution in [-0.4, -0.2) is 60.9 Å². The van der Waals surface area contributed by atoms with Gasteiger partial charge in [0.1, 0.15) is 12.9 Å². The van der Waals surface area contributed by atoms with Crippen LogP contribution in [0.1, 0.15) is 136 Å². The van der Waals surface area contributed by atoms with Crippen LogP contribution in [0.5, 0.6) is 0 Å². The minimum Gasteiger partial charge on any atom is -0.457 e. The number of nitrogens with one attached hydrogen (secondary N) is 1. The number of hydrogen-bond acceptors (Lipinski definition) is 7. The molecule has 0 fully saturated rings. The summed E-state index contributed by atoms with van der Waals surface area (Å²) in [6.45, 7) is 4.54. The molecular formula is C29H58NO9P. The zero-order valence-electron chi connectivity index (χ0n) is 25.2. The van der Waals surface area contributed by atoms with Crippen LogP contribution in [0.3, 0.4) is 0 Å². The second-order valence-corrected chi connectivity index (χ2v) is 11.8. The third-order valence-corrected chi connectivity index (χ3v) is 7.01. The van der Waals surface area contributed by atoms with Crippen LogP contribution < -0.4 is 5.32 Å². The number of rotatable bonds is 30. The van der Waals surface area contributed by atoms with Crippen LogP contribution in [0.4, 0.5) is 0 Å². The van der Waals surface area contributed by atoms with Crippen LogP contribution >= 0.6 is 7.82 Å². The number of phosphoric acid groups is 1. The van der Waals surface area contributed by atoms with E-state index in [4.69, 9.17) is 24.0 Å². The second kappa shape index (κ2) is 28.1. The molecule has 11 heteroatoms. The maximum Gasteiger partial charge on any atom is 0.469 e. The van der Waals surface area contributed by atoms with E-state index in [2.05, 4.69) is 16.8 Å². The predicted molar refractivity (Wildman–Crippen MR) is 157 cm³/mol. The molecule has 0 radical (unpaired) electrons. The Morgan fingerprint density at radius 2 is 1.25 bits per heavy atom. The molecule has 0 bridgehead atoms. The quantitative estimate of drug-likeness (QED) is 0.0364. The van der Waals surface area contributed by atoms with Crippen LogP contribution in [0.25, 0.3) is 0 Å². The largest absolute Gasteiger partial charge is 0.469 e. The van der Waals surface area contributed by atoms with Crippen molar-refractivity contribution in [3.8, 4) is 0 Å². The van der Waals surface area contributed by atoms with Gasteiger partial charge in [0.2, 0.25) is 5.91 Å². The Hall–Kier alpha value is -1.03. The summed E-state index contributed by atoms with van der Waals surface area (Å²) in [6, 6.07) is 0. The van der Waals surface area contributed by atoms with Crippen molar-refractivity contribution in [2.45, 2.75) is 142 Å². The van der Waals surface area contributed by atoms with E-state index >= 15 is 0 Å². The van der Waals surface area contributed by atoms with Gasteiger partial charge in [0.15, 0.2) is 0 Å². The first kappa shape index (κ1) is 39.0. The van der Waals surface area contributed by atoms with Crippen molar-refractivity contribution in [2.24, 2.45) is 0 Å². The molecule has 0 aliphatic heterocycles. The van der Waals surface area contributed by atoms with E-state index in [0.29, 0.717) is 6.61 Å². The molecule has 3 N–H and O–H groups in total. The van der Waals surface area contributed by atoms with Crippen molar-refractivity contribution < 1.29 is 42.7 Å². The van der Waals surface area contributed by atoms with E-state index in [1.54, 1.807) is 0 Å². The Morgan fingerprint density at radius 1 is 0.725 bits per heavy atom. The molecule has 0 aromatic heterocycles. The maximum atomic E-state index is 12.2. The normalized spacial score (nSPS) is 12.4. The van der Waals surface area contributed by atoms with Gasteiger partial charge in [0.25, 0.3) is 0 Å². The Bertz CT molecular complexity index is 645. The number of carbonyl (C=O) groups is 2. The first-order valence-electron chi connectivity index (χ1n) is 15.5. The first-order valence-corrected chi connectivity index (χ1v) is 17.1. The molecule has 0 aliphatic rings. The van der Waals surface area contributed by atoms with E-state index in [1.807, 2.05) is 0 Å². The van der Waals surface area contributed by atoms with E-state index in [-0.39, 0.29) is 25.7 Å². The standard InChI is InChI=1S/C29H58NO9P/c1-3-4-5-6-7-8-9-10-12-15-18-21-29(32)39-28(25-38-40(33,34)35)24-37-26-36-23-20-17-14-11-13-16-19-22-30-27(2)31/h28H,3-26H2,1-2H3,(H,30,31)(H2,33,34,35)/t28-/m1/s1. The number of hydrogen-bond donors (Lipinski definition) is 3. The van der Waals surface area contributed by atoms with Gasteiger partial charge in [-0.3, -0.25) is 14.1 Å². The summed E-state index contributed by atoms with van der Waals surface area (Å²) in [6.07, 6.45) is 19.9. The van der Waals surface area contributed by atoms with E-state index in [9.17, 15) is 14.2 Å². The number of unbranched alkanes of at least 4 members (excludes halogenated alkanes) is 16. The number of carbonyl (C=O) groups excluding carboxylic acids is 2. The van der Waals surface area contributed by atoms with Crippen LogP contribution in [0.15, 0.2) is 0 Å². The highest BCUT2D eigenvalue weighted by Gasteiger charge is 2.21. The minimum atomic E-state index is -4.68.